The van der Waals surface area contributed by atoms with Crippen molar-refractivity contribution < 1.29 is 14.6 Å². The van der Waals surface area contributed by atoms with Gasteiger partial charge < -0.3 is 14.6 Å². The zero-order chi connectivity index (χ0) is 12.9. The molecule has 1 N–H and O–H groups in total. The Kier molecular flexibility index (Phi) is 4.97. The fourth-order valence-electron chi connectivity index (χ4n) is 1.54. The van der Waals surface area contributed by atoms with E-state index in [1.54, 1.807) is 7.11 Å². The molecular formula is C14H22O3. The van der Waals surface area contributed by atoms with E-state index < -0.39 is 11.7 Å². The summed E-state index contributed by atoms with van der Waals surface area (Å²) in [4.78, 5) is 0. The molecule has 0 saturated heterocycles. The third-order valence-electron chi connectivity index (χ3n) is 2.86. The summed E-state index contributed by atoms with van der Waals surface area (Å²) in [5.41, 5.74) is 0.138. The number of hydrogen-bond donors (Lipinski definition) is 1. The number of aliphatic hydroxyl groups is 1. The number of aliphatic hydroxyl groups excluding tert-OH is 1. The largest absolute Gasteiger partial charge is 0.493 e. The van der Waals surface area contributed by atoms with Gasteiger partial charge in [0.15, 0.2) is 0 Å². The summed E-state index contributed by atoms with van der Waals surface area (Å²) in [6.45, 7) is 6.41. The molecule has 17 heavy (non-hydrogen) atoms. The summed E-state index contributed by atoms with van der Waals surface area (Å²) >= 11 is 0. The summed E-state index contributed by atoms with van der Waals surface area (Å²) < 4.78 is 10.9. The lowest BCUT2D eigenvalue weighted by Gasteiger charge is -2.30. The van der Waals surface area contributed by atoms with Gasteiger partial charge in [0.2, 0.25) is 0 Å². The minimum atomic E-state index is -0.708. The van der Waals surface area contributed by atoms with Gasteiger partial charge in [-0.05, 0) is 26.3 Å². The second kappa shape index (κ2) is 6.03. The van der Waals surface area contributed by atoms with Crippen molar-refractivity contribution in [3.63, 3.8) is 0 Å². The molecule has 0 aliphatic carbocycles. The number of para-hydroxylation sites is 1. The molecule has 0 bridgehead atoms. The molecule has 0 spiro atoms. The zero-order valence-corrected chi connectivity index (χ0v) is 11.1. The highest BCUT2D eigenvalue weighted by molar-refractivity contribution is 5.36. The van der Waals surface area contributed by atoms with Gasteiger partial charge in [-0.3, -0.25) is 0 Å². The Labute approximate surface area is 103 Å². The lowest BCUT2D eigenvalue weighted by molar-refractivity contribution is -0.0801. The number of methoxy groups -OCH3 is 1. The van der Waals surface area contributed by atoms with Crippen LogP contribution in [0, 0.1) is 0 Å². The van der Waals surface area contributed by atoms with E-state index in [0.717, 1.165) is 17.7 Å². The van der Waals surface area contributed by atoms with Crippen LogP contribution in [0.4, 0.5) is 0 Å². The van der Waals surface area contributed by atoms with Gasteiger partial charge in [0.05, 0.1) is 12.2 Å². The molecule has 1 aromatic rings. The third-order valence-corrected chi connectivity index (χ3v) is 2.86. The van der Waals surface area contributed by atoms with Crippen molar-refractivity contribution in [1.82, 2.24) is 0 Å². The predicted octanol–water partition coefficient (Wildman–Crippen LogP) is 2.93. The second-order valence-corrected chi connectivity index (χ2v) is 4.60. The van der Waals surface area contributed by atoms with Crippen LogP contribution in [0.25, 0.3) is 0 Å². The lowest BCUT2D eigenvalue weighted by atomic mass is 9.94. The van der Waals surface area contributed by atoms with Crippen molar-refractivity contribution >= 4 is 0 Å². The second-order valence-electron chi connectivity index (χ2n) is 4.60. The third kappa shape index (κ3) is 3.45. The van der Waals surface area contributed by atoms with Crippen LogP contribution in [0.2, 0.25) is 0 Å². The van der Waals surface area contributed by atoms with Crippen LogP contribution in [0.1, 0.15) is 38.9 Å². The number of rotatable bonds is 6. The highest BCUT2D eigenvalue weighted by atomic mass is 16.5. The minimum absolute atomic E-state index is 0.633. The molecule has 0 saturated carbocycles. The topological polar surface area (TPSA) is 38.7 Å². The zero-order valence-electron chi connectivity index (χ0n) is 11.1. The van der Waals surface area contributed by atoms with Crippen LogP contribution >= 0.6 is 0 Å². The van der Waals surface area contributed by atoms with Crippen LogP contribution in [0.15, 0.2) is 24.3 Å². The molecule has 0 radical (unpaired) electrons. The van der Waals surface area contributed by atoms with Gasteiger partial charge in [0.1, 0.15) is 11.9 Å². The number of ether oxygens (including phenoxy) is 2. The summed E-state index contributed by atoms with van der Waals surface area (Å²) in [6, 6.07) is 7.54. The Bertz CT molecular complexity index is 347. The molecule has 1 atom stereocenters. The Morgan fingerprint density at radius 3 is 2.53 bits per heavy atom. The van der Waals surface area contributed by atoms with Crippen LogP contribution in [-0.4, -0.2) is 24.4 Å². The SMILES string of the molecule is CCCOc1ccccc1C(O)C(C)(C)OC. The molecule has 0 aliphatic heterocycles. The average molecular weight is 238 g/mol. The van der Waals surface area contributed by atoms with Gasteiger partial charge in [0.25, 0.3) is 0 Å². The first-order valence-electron chi connectivity index (χ1n) is 5.98. The van der Waals surface area contributed by atoms with Gasteiger partial charge in [-0.2, -0.15) is 0 Å². The highest BCUT2D eigenvalue weighted by Crippen LogP contribution is 2.33. The Morgan fingerprint density at radius 1 is 1.29 bits per heavy atom. The van der Waals surface area contributed by atoms with E-state index in [9.17, 15) is 5.11 Å². The number of benzene rings is 1. The maximum Gasteiger partial charge on any atom is 0.125 e. The highest BCUT2D eigenvalue weighted by Gasteiger charge is 2.30. The average Bonchev–Trinajstić information content (AvgIpc) is 2.35. The van der Waals surface area contributed by atoms with Crippen molar-refractivity contribution in [3.05, 3.63) is 29.8 Å². The van der Waals surface area contributed by atoms with E-state index in [0.29, 0.717) is 6.61 Å². The lowest BCUT2D eigenvalue weighted by Crippen LogP contribution is -2.31. The van der Waals surface area contributed by atoms with Crippen LogP contribution in [0.3, 0.4) is 0 Å². The first-order valence-corrected chi connectivity index (χ1v) is 5.98. The van der Waals surface area contributed by atoms with E-state index >= 15 is 0 Å². The van der Waals surface area contributed by atoms with Crippen LogP contribution in [-0.2, 0) is 4.74 Å². The standard InChI is InChI=1S/C14H22O3/c1-5-10-17-12-9-7-6-8-11(12)13(15)14(2,3)16-4/h6-9,13,15H,5,10H2,1-4H3. The molecule has 3 heteroatoms. The minimum Gasteiger partial charge on any atom is -0.493 e. The summed E-state index contributed by atoms with van der Waals surface area (Å²) in [7, 11) is 1.60. The number of hydrogen-bond acceptors (Lipinski definition) is 3. The quantitative estimate of drug-likeness (QED) is 0.828. The summed E-state index contributed by atoms with van der Waals surface area (Å²) in [5, 5.41) is 10.3. The molecule has 1 unspecified atom stereocenters. The van der Waals surface area contributed by atoms with Gasteiger partial charge in [0, 0.05) is 12.7 Å². The van der Waals surface area contributed by atoms with Crippen molar-refractivity contribution in [2.24, 2.45) is 0 Å². The molecular weight excluding hydrogens is 216 g/mol. The van der Waals surface area contributed by atoms with E-state index in [-0.39, 0.29) is 0 Å². The molecule has 0 aliphatic rings. The van der Waals surface area contributed by atoms with Crippen molar-refractivity contribution in [2.45, 2.75) is 38.9 Å². The molecule has 0 aromatic heterocycles. The normalized spacial score (nSPS) is 13.5. The Morgan fingerprint density at radius 2 is 1.94 bits per heavy atom. The first kappa shape index (κ1) is 14.0. The molecule has 96 valence electrons. The predicted molar refractivity (Wildman–Crippen MR) is 68.3 cm³/mol. The van der Waals surface area contributed by atoms with Crippen molar-refractivity contribution in [1.29, 1.82) is 0 Å². The molecule has 1 rings (SSSR count). The Hall–Kier alpha value is -1.06. The fourth-order valence-corrected chi connectivity index (χ4v) is 1.54. The summed E-state index contributed by atoms with van der Waals surface area (Å²) in [6.07, 6.45) is 0.235. The van der Waals surface area contributed by atoms with Crippen molar-refractivity contribution in [2.75, 3.05) is 13.7 Å². The van der Waals surface area contributed by atoms with Gasteiger partial charge >= 0.3 is 0 Å². The molecule has 1 aromatic carbocycles. The smallest absolute Gasteiger partial charge is 0.125 e. The van der Waals surface area contributed by atoms with Gasteiger partial charge in [-0.25, -0.2) is 0 Å². The van der Waals surface area contributed by atoms with E-state index in [1.165, 1.54) is 0 Å². The van der Waals surface area contributed by atoms with Gasteiger partial charge in [-0.1, -0.05) is 25.1 Å². The molecule has 0 amide bonds. The van der Waals surface area contributed by atoms with Gasteiger partial charge in [-0.15, -0.1) is 0 Å². The van der Waals surface area contributed by atoms with Crippen molar-refractivity contribution in [3.8, 4) is 5.75 Å². The first-order chi connectivity index (χ1) is 8.03. The van der Waals surface area contributed by atoms with Crippen LogP contribution in [0.5, 0.6) is 5.75 Å². The van der Waals surface area contributed by atoms with E-state index in [1.807, 2.05) is 38.1 Å². The monoisotopic (exact) mass is 238 g/mol. The van der Waals surface area contributed by atoms with E-state index in [2.05, 4.69) is 6.92 Å². The maximum atomic E-state index is 10.3. The fraction of sp³-hybridized carbons (Fsp3) is 0.571. The Balaban J connectivity index is 2.96. The molecule has 3 nitrogen and oxygen atoms in total. The summed E-state index contributed by atoms with van der Waals surface area (Å²) in [5.74, 6) is 0.729. The van der Waals surface area contributed by atoms with Crippen LogP contribution < -0.4 is 4.74 Å². The molecule has 0 heterocycles. The van der Waals surface area contributed by atoms with E-state index in [4.69, 9.17) is 9.47 Å². The molecule has 0 fully saturated rings. The maximum absolute atomic E-state index is 10.3.